The summed E-state index contributed by atoms with van der Waals surface area (Å²) in [5.74, 6) is 0. The van der Waals surface area contributed by atoms with Gasteiger partial charge in [-0.2, -0.15) is 17.5 Å². The first kappa shape index (κ1) is 27.6. The van der Waals surface area contributed by atoms with Crippen LogP contribution in [0.2, 0.25) is 5.02 Å². The lowest BCUT2D eigenvalue weighted by atomic mass is 9.99. The number of halogens is 4. The number of hydrogen-bond acceptors (Lipinski definition) is 4. The molecule has 0 spiro atoms. The van der Waals surface area contributed by atoms with Crippen LogP contribution in [-0.4, -0.2) is 57.0 Å². The van der Waals surface area contributed by atoms with Crippen molar-refractivity contribution in [3.05, 3.63) is 100 Å². The van der Waals surface area contributed by atoms with Crippen molar-refractivity contribution in [2.24, 2.45) is 0 Å². The first-order valence-electron chi connectivity index (χ1n) is 11.9. The summed E-state index contributed by atoms with van der Waals surface area (Å²) < 4.78 is 73.7. The second-order valence-corrected chi connectivity index (χ2v) is 11.2. The first-order valence-corrected chi connectivity index (χ1v) is 13.7. The Morgan fingerprint density at radius 1 is 0.919 bits per heavy atom. The molecular formula is C27H28ClF3N2O3S. The highest BCUT2D eigenvalue weighted by Crippen LogP contribution is 2.33. The largest absolute Gasteiger partial charge is 0.416 e. The van der Waals surface area contributed by atoms with Crippen LogP contribution in [0.4, 0.5) is 13.2 Å². The maximum Gasteiger partial charge on any atom is 0.416 e. The van der Waals surface area contributed by atoms with Gasteiger partial charge in [0.1, 0.15) is 6.10 Å². The molecule has 198 valence electrons. The number of alkyl halides is 3. The predicted octanol–water partition coefficient (Wildman–Crippen LogP) is 5.78. The SMILES string of the molecule is Cc1c(Cl)cccc1S(=O)(=O)N1CCN(CCO[C@H](c2ccccc2)c2cccc(C(F)(F)F)c2)CC1. The lowest BCUT2D eigenvalue weighted by Crippen LogP contribution is -2.49. The number of piperazine rings is 1. The number of sulfonamides is 1. The fourth-order valence-corrected chi connectivity index (χ4v) is 6.29. The Bertz CT molecular complexity index is 1310. The zero-order chi connectivity index (χ0) is 26.6. The topological polar surface area (TPSA) is 49.9 Å². The molecule has 0 amide bonds. The molecule has 0 bridgehead atoms. The second-order valence-electron chi connectivity index (χ2n) is 8.89. The van der Waals surface area contributed by atoms with Crippen LogP contribution in [-0.2, 0) is 20.9 Å². The van der Waals surface area contributed by atoms with E-state index in [1.165, 1.54) is 10.4 Å². The molecule has 1 atom stereocenters. The highest BCUT2D eigenvalue weighted by molar-refractivity contribution is 7.89. The van der Waals surface area contributed by atoms with E-state index in [-0.39, 0.29) is 11.5 Å². The fraction of sp³-hybridized carbons (Fsp3) is 0.333. The molecule has 10 heteroatoms. The highest BCUT2D eigenvalue weighted by atomic mass is 35.5. The maximum absolute atomic E-state index is 13.3. The summed E-state index contributed by atoms with van der Waals surface area (Å²) in [4.78, 5) is 2.30. The Hall–Kier alpha value is -2.43. The second kappa shape index (κ2) is 11.5. The van der Waals surface area contributed by atoms with Crippen molar-refractivity contribution >= 4 is 21.6 Å². The zero-order valence-corrected chi connectivity index (χ0v) is 21.9. The van der Waals surface area contributed by atoms with Crippen molar-refractivity contribution in [1.29, 1.82) is 0 Å². The van der Waals surface area contributed by atoms with Crippen molar-refractivity contribution in [1.82, 2.24) is 9.21 Å². The van der Waals surface area contributed by atoms with E-state index in [1.54, 1.807) is 31.2 Å². The summed E-state index contributed by atoms with van der Waals surface area (Å²) in [7, 11) is -3.66. The average molecular weight is 553 g/mol. The molecule has 1 aliphatic rings. The smallest absolute Gasteiger partial charge is 0.367 e. The van der Waals surface area contributed by atoms with E-state index in [9.17, 15) is 21.6 Å². The van der Waals surface area contributed by atoms with E-state index >= 15 is 0 Å². The summed E-state index contributed by atoms with van der Waals surface area (Å²) >= 11 is 6.12. The minimum Gasteiger partial charge on any atom is -0.367 e. The van der Waals surface area contributed by atoms with Gasteiger partial charge in [-0.25, -0.2) is 8.42 Å². The summed E-state index contributed by atoms with van der Waals surface area (Å²) in [6.07, 6.45) is -5.10. The normalized spacial score (nSPS) is 16.6. The third-order valence-electron chi connectivity index (χ3n) is 6.48. The highest BCUT2D eigenvalue weighted by Gasteiger charge is 2.32. The van der Waals surface area contributed by atoms with Crippen LogP contribution < -0.4 is 0 Å². The van der Waals surface area contributed by atoms with E-state index in [0.717, 1.165) is 17.7 Å². The molecule has 1 heterocycles. The molecule has 0 radical (unpaired) electrons. The summed E-state index contributed by atoms with van der Waals surface area (Å²) in [6.45, 7) is 4.16. The summed E-state index contributed by atoms with van der Waals surface area (Å²) in [5.41, 5.74) is 0.992. The van der Waals surface area contributed by atoms with Gasteiger partial charge < -0.3 is 4.74 Å². The van der Waals surface area contributed by atoms with Crippen LogP contribution in [0.25, 0.3) is 0 Å². The van der Waals surface area contributed by atoms with Crippen molar-refractivity contribution in [3.8, 4) is 0 Å². The van der Waals surface area contributed by atoms with Crippen molar-refractivity contribution < 1.29 is 26.3 Å². The lowest BCUT2D eigenvalue weighted by Gasteiger charge is -2.34. The van der Waals surface area contributed by atoms with E-state index < -0.39 is 27.9 Å². The van der Waals surface area contributed by atoms with Crippen LogP contribution in [0.5, 0.6) is 0 Å². The zero-order valence-electron chi connectivity index (χ0n) is 20.3. The van der Waals surface area contributed by atoms with Crippen LogP contribution in [0.1, 0.15) is 28.4 Å². The molecule has 0 N–H and O–H groups in total. The van der Waals surface area contributed by atoms with Crippen molar-refractivity contribution in [2.75, 3.05) is 39.3 Å². The Balaban J connectivity index is 1.39. The van der Waals surface area contributed by atoms with Crippen molar-refractivity contribution in [3.63, 3.8) is 0 Å². The van der Waals surface area contributed by atoms with E-state index in [0.29, 0.717) is 48.9 Å². The Kier molecular flexibility index (Phi) is 8.60. The lowest BCUT2D eigenvalue weighted by molar-refractivity contribution is -0.137. The van der Waals surface area contributed by atoms with Crippen LogP contribution in [0.15, 0.2) is 77.7 Å². The average Bonchev–Trinajstić information content (AvgIpc) is 2.88. The van der Waals surface area contributed by atoms with Gasteiger partial charge in [-0.3, -0.25) is 4.90 Å². The third-order valence-corrected chi connectivity index (χ3v) is 8.93. The molecule has 0 unspecified atom stereocenters. The fourth-order valence-electron chi connectivity index (χ4n) is 4.39. The van der Waals surface area contributed by atoms with Crippen LogP contribution in [0.3, 0.4) is 0 Å². The predicted molar refractivity (Wildman–Crippen MR) is 137 cm³/mol. The van der Waals surface area contributed by atoms with Gasteiger partial charge >= 0.3 is 6.18 Å². The van der Waals surface area contributed by atoms with Crippen molar-refractivity contribution in [2.45, 2.75) is 24.1 Å². The molecule has 0 aliphatic carbocycles. The quantitative estimate of drug-likeness (QED) is 0.355. The molecule has 4 rings (SSSR count). The first-order chi connectivity index (χ1) is 17.6. The minimum atomic E-state index is -4.44. The molecule has 37 heavy (non-hydrogen) atoms. The number of nitrogens with zero attached hydrogens (tertiary/aromatic N) is 2. The molecule has 5 nitrogen and oxygen atoms in total. The van der Waals surface area contributed by atoms with Crippen LogP contribution in [0, 0.1) is 6.92 Å². The van der Waals surface area contributed by atoms with E-state index in [1.807, 2.05) is 30.3 Å². The molecule has 3 aromatic carbocycles. The van der Waals surface area contributed by atoms with Crippen LogP contribution >= 0.6 is 11.6 Å². The Labute approximate surface area is 220 Å². The van der Waals surface area contributed by atoms with Gasteiger partial charge in [-0.1, -0.05) is 60.1 Å². The maximum atomic E-state index is 13.3. The molecular weight excluding hydrogens is 525 g/mol. The summed E-state index contributed by atoms with van der Waals surface area (Å²) in [6, 6.07) is 19.2. The molecule has 1 saturated heterocycles. The number of hydrogen-bond donors (Lipinski definition) is 0. The van der Waals surface area contributed by atoms with Gasteiger partial charge in [0.15, 0.2) is 0 Å². The Morgan fingerprint density at radius 2 is 1.57 bits per heavy atom. The summed E-state index contributed by atoms with van der Waals surface area (Å²) in [5, 5.41) is 0.408. The Morgan fingerprint density at radius 3 is 2.24 bits per heavy atom. The number of benzene rings is 3. The molecule has 0 saturated carbocycles. The minimum absolute atomic E-state index is 0.212. The van der Waals surface area contributed by atoms with Gasteiger partial charge in [0.25, 0.3) is 0 Å². The van der Waals surface area contributed by atoms with Gasteiger partial charge in [-0.15, -0.1) is 0 Å². The van der Waals surface area contributed by atoms with E-state index in [4.69, 9.17) is 16.3 Å². The van der Waals surface area contributed by atoms with Gasteiger partial charge in [0.05, 0.1) is 17.1 Å². The monoisotopic (exact) mass is 552 g/mol. The molecule has 1 aliphatic heterocycles. The molecule has 0 aromatic heterocycles. The van der Waals surface area contributed by atoms with Gasteiger partial charge in [-0.05, 0) is 47.9 Å². The third kappa shape index (κ3) is 6.53. The van der Waals surface area contributed by atoms with Gasteiger partial charge in [0, 0.05) is 37.7 Å². The number of ether oxygens (including phenoxy) is 1. The van der Waals surface area contributed by atoms with Gasteiger partial charge in [0.2, 0.25) is 10.0 Å². The number of rotatable bonds is 8. The molecule has 1 fully saturated rings. The standard InChI is InChI=1S/C27H28ClF3N2O3S/c1-20-24(28)11-6-12-25(20)37(34,35)33-15-13-32(14-16-33)17-18-36-26(21-7-3-2-4-8-21)22-9-5-10-23(19-22)27(29,30)31/h2-12,19,26H,13-18H2,1H3/t26-/m1/s1. The van der Waals surface area contributed by atoms with E-state index in [2.05, 4.69) is 4.90 Å². The molecule has 3 aromatic rings.